The van der Waals surface area contributed by atoms with Gasteiger partial charge in [-0.1, -0.05) is 26.8 Å². The van der Waals surface area contributed by atoms with E-state index >= 15 is 0 Å². The van der Waals surface area contributed by atoms with E-state index in [4.69, 9.17) is 5.73 Å². The van der Waals surface area contributed by atoms with Gasteiger partial charge in [-0.15, -0.1) is 11.3 Å². The third kappa shape index (κ3) is 6.59. The van der Waals surface area contributed by atoms with E-state index in [2.05, 4.69) is 37.1 Å². The van der Waals surface area contributed by atoms with Crippen LogP contribution in [0.1, 0.15) is 45.0 Å². The Kier molecular flexibility index (Phi) is 7.35. The second-order valence-electron chi connectivity index (χ2n) is 6.38. The Balaban J connectivity index is 2.52. The van der Waals surface area contributed by atoms with Gasteiger partial charge < -0.3 is 11.1 Å². The van der Waals surface area contributed by atoms with Gasteiger partial charge >= 0.3 is 0 Å². The maximum Gasteiger partial charge on any atom is 0.234 e. The molecule has 0 aliphatic carbocycles. The molecule has 0 aliphatic heterocycles. The van der Waals surface area contributed by atoms with Crippen LogP contribution in [0.4, 0.5) is 0 Å². The highest BCUT2D eigenvalue weighted by molar-refractivity contribution is 7.10. The molecular weight excluding hydrogens is 282 g/mol. The lowest BCUT2D eigenvalue weighted by Gasteiger charge is -2.31. The molecule has 5 heteroatoms. The fraction of sp³-hybridized carbons (Fsp3) is 0.688. The molecule has 0 bridgehead atoms. The van der Waals surface area contributed by atoms with E-state index in [1.807, 2.05) is 18.4 Å². The van der Waals surface area contributed by atoms with Gasteiger partial charge in [0.25, 0.3) is 0 Å². The van der Waals surface area contributed by atoms with Gasteiger partial charge in [0, 0.05) is 11.4 Å². The van der Waals surface area contributed by atoms with Gasteiger partial charge in [0.15, 0.2) is 0 Å². The lowest BCUT2D eigenvalue weighted by Crippen LogP contribution is -2.44. The van der Waals surface area contributed by atoms with Crippen molar-refractivity contribution in [2.45, 2.75) is 40.2 Å². The van der Waals surface area contributed by atoms with Gasteiger partial charge in [-0.25, -0.2) is 0 Å². The van der Waals surface area contributed by atoms with Gasteiger partial charge in [0.05, 0.1) is 12.6 Å². The quantitative estimate of drug-likeness (QED) is 0.737. The molecule has 4 nitrogen and oxygen atoms in total. The number of nitrogens with two attached hydrogens (primary N) is 1. The highest BCUT2D eigenvalue weighted by Gasteiger charge is 2.22. The van der Waals surface area contributed by atoms with Crippen LogP contribution in [0.5, 0.6) is 0 Å². The molecule has 1 amide bonds. The molecule has 21 heavy (non-hydrogen) atoms. The first kappa shape index (κ1) is 18.1. The summed E-state index contributed by atoms with van der Waals surface area (Å²) in [4.78, 5) is 15.6. The topological polar surface area (TPSA) is 58.4 Å². The molecule has 0 fully saturated rings. The number of thiophene rings is 1. The summed E-state index contributed by atoms with van der Waals surface area (Å²) in [6.07, 6.45) is 1.04. The van der Waals surface area contributed by atoms with Crippen LogP contribution in [0.15, 0.2) is 17.5 Å². The first-order valence-corrected chi connectivity index (χ1v) is 8.51. The highest BCUT2D eigenvalue weighted by Crippen LogP contribution is 2.18. The molecule has 1 atom stereocenters. The summed E-state index contributed by atoms with van der Waals surface area (Å²) in [6.45, 7) is 11.3. The summed E-state index contributed by atoms with van der Waals surface area (Å²) >= 11 is 1.67. The van der Waals surface area contributed by atoms with Gasteiger partial charge in [0.2, 0.25) is 5.91 Å². The average molecular weight is 311 g/mol. The molecule has 120 valence electrons. The number of rotatable bonds is 9. The van der Waals surface area contributed by atoms with E-state index < -0.39 is 0 Å². The number of hydrogen-bond donors (Lipinski definition) is 2. The lowest BCUT2D eigenvalue weighted by atomic mass is 9.93. The molecular formula is C16H29N3OS. The number of nitrogens with one attached hydrogen (secondary N) is 1. The minimum atomic E-state index is 0.0365. The summed E-state index contributed by atoms with van der Waals surface area (Å²) in [5, 5.41) is 5.11. The summed E-state index contributed by atoms with van der Waals surface area (Å²) in [7, 11) is 0. The maximum atomic E-state index is 12.2. The monoisotopic (exact) mass is 311 g/mol. The average Bonchev–Trinajstić information content (AvgIpc) is 2.92. The second-order valence-corrected chi connectivity index (χ2v) is 7.36. The molecule has 0 aliphatic rings. The van der Waals surface area contributed by atoms with Crippen molar-refractivity contribution in [3.05, 3.63) is 22.4 Å². The Hall–Kier alpha value is -0.910. The van der Waals surface area contributed by atoms with Gasteiger partial charge in [-0.05, 0) is 43.3 Å². The normalized spacial score (nSPS) is 13.4. The van der Waals surface area contributed by atoms with Crippen molar-refractivity contribution < 1.29 is 4.79 Å². The zero-order chi connectivity index (χ0) is 15.9. The van der Waals surface area contributed by atoms with E-state index in [9.17, 15) is 4.79 Å². The summed E-state index contributed by atoms with van der Waals surface area (Å²) in [5.74, 6) is 0.0807. The number of carbonyl (C=O) groups is 1. The fourth-order valence-corrected chi connectivity index (χ4v) is 3.03. The molecule has 0 spiro atoms. The predicted octanol–water partition coefficient (Wildman–Crippen LogP) is 2.62. The summed E-state index contributed by atoms with van der Waals surface area (Å²) < 4.78 is 0. The predicted molar refractivity (Wildman–Crippen MR) is 90.4 cm³/mol. The van der Waals surface area contributed by atoms with Crippen LogP contribution in [-0.4, -0.2) is 37.0 Å². The molecule has 3 N–H and O–H groups in total. The van der Waals surface area contributed by atoms with Crippen molar-refractivity contribution in [1.29, 1.82) is 0 Å². The van der Waals surface area contributed by atoms with Crippen LogP contribution in [0.25, 0.3) is 0 Å². The molecule has 1 heterocycles. The van der Waals surface area contributed by atoms with Crippen LogP contribution in [0.3, 0.4) is 0 Å². The maximum absolute atomic E-state index is 12.2. The van der Waals surface area contributed by atoms with E-state index in [-0.39, 0.29) is 17.4 Å². The van der Waals surface area contributed by atoms with Crippen LogP contribution in [-0.2, 0) is 4.79 Å². The Labute approximate surface area is 132 Å². The Morgan fingerprint density at radius 3 is 2.76 bits per heavy atom. The number of hydrogen-bond acceptors (Lipinski definition) is 4. The molecule has 1 unspecified atom stereocenters. The van der Waals surface area contributed by atoms with Crippen molar-refractivity contribution in [1.82, 2.24) is 10.2 Å². The summed E-state index contributed by atoms with van der Waals surface area (Å²) in [5.41, 5.74) is 5.84. The largest absolute Gasteiger partial charge is 0.348 e. The zero-order valence-corrected chi connectivity index (χ0v) is 14.5. The van der Waals surface area contributed by atoms with Crippen molar-refractivity contribution in [3.8, 4) is 0 Å². The molecule has 1 aromatic heterocycles. The molecule has 0 radical (unpaired) electrons. The smallest absolute Gasteiger partial charge is 0.234 e. The molecule has 0 saturated heterocycles. The first-order chi connectivity index (χ1) is 9.88. The minimum absolute atomic E-state index is 0.0365. The van der Waals surface area contributed by atoms with E-state index in [1.165, 1.54) is 4.88 Å². The van der Waals surface area contributed by atoms with Crippen molar-refractivity contribution in [2.24, 2.45) is 11.1 Å². The molecule has 0 aromatic carbocycles. The fourth-order valence-electron chi connectivity index (χ4n) is 2.30. The van der Waals surface area contributed by atoms with Crippen LogP contribution >= 0.6 is 11.3 Å². The van der Waals surface area contributed by atoms with E-state index in [1.54, 1.807) is 11.3 Å². The summed E-state index contributed by atoms with van der Waals surface area (Å²) in [6, 6.07) is 4.13. The van der Waals surface area contributed by atoms with Crippen LogP contribution in [0.2, 0.25) is 0 Å². The van der Waals surface area contributed by atoms with E-state index in [0.29, 0.717) is 13.1 Å². The van der Waals surface area contributed by atoms with Gasteiger partial charge in [-0.3, -0.25) is 9.69 Å². The Morgan fingerprint density at radius 1 is 1.52 bits per heavy atom. The van der Waals surface area contributed by atoms with Gasteiger partial charge in [-0.2, -0.15) is 0 Å². The number of carbonyl (C=O) groups excluding carboxylic acids is 1. The highest BCUT2D eigenvalue weighted by atomic mass is 32.1. The molecule has 1 aromatic rings. The third-order valence-corrected chi connectivity index (χ3v) is 4.51. The Bertz CT molecular complexity index is 417. The van der Waals surface area contributed by atoms with Crippen LogP contribution < -0.4 is 11.1 Å². The first-order valence-electron chi connectivity index (χ1n) is 7.63. The number of nitrogens with zero attached hydrogens (tertiary/aromatic N) is 1. The standard InChI is InChI=1S/C16H29N3OS/c1-5-8-19(12-16(3,4)11-17)10-15(20)18-13(2)14-7-6-9-21-14/h6-7,9,13H,5,8,10-12,17H2,1-4H3,(H,18,20). The molecule has 1 rings (SSSR count). The van der Waals surface area contributed by atoms with Crippen molar-refractivity contribution in [2.75, 3.05) is 26.2 Å². The molecule has 0 saturated carbocycles. The van der Waals surface area contributed by atoms with Crippen molar-refractivity contribution >= 4 is 17.2 Å². The zero-order valence-electron chi connectivity index (χ0n) is 13.7. The van der Waals surface area contributed by atoms with E-state index in [0.717, 1.165) is 19.5 Å². The lowest BCUT2D eigenvalue weighted by molar-refractivity contribution is -0.123. The SMILES string of the molecule is CCCN(CC(=O)NC(C)c1cccs1)CC(C)(C)CN. The van der Waals surface area contributed by atoms with Crippen LogP contribution in [0, 0.1) is 5.41 Å². The third-order valence-electron chi connectivity index (χ3n) is 3.46. The second kappa shape index (κ2) is 8.51. The number of amides is 1. The van der Waals surface area contributed by atoms with Gasteiger partial charge in [0.1, 0.15) is 0 Å². The Morgan fingerprint density at radius 2 is 2.24 bits per heavy atom. The van der Waals surface area contributed by atoms with Crippen molar-refractivity contribution in [3.63, 3.8) is 0 Å². The minimum Gasteiger partial charge on any atom is -0.348 e.